The zero-order valence-corrected chi connectivity index (χ0v) is 17.8. The minimum absolute atomic E-state index is 0.0585. The molecule has 0 aliphatic carbocycles. The molecule has 0 radical (unpaired) electrons. The second-order valence-corrected chi connectivity index (χ2v) is 7.80. The van der Waals surface area contributed by atoms with Crippen molar-refractivity contribution in [2.75, 3.05) is 45.2 Å². The average Bonchev–Trinajstić information content (AvgIpc) is 2.69. The Labute approximate surface area is 176 Å². The predicted molar refractivity (Wildman–Crippen MR) is 115 cm³/mol. The number of anilines is 1. The summed E-state index contributed by atoms with van der Waals surface area (Å²) in [6.45, 7) is 6.85. The first kappa shape index (κ1) is 21.1. The summed E-state index contributed by atoms with van der Waals surface area (Å²) in [4.78, 5) is 29.1. The molecule has 2 aromatic carbocycles. The lowest BCUT2D eigenvalue weighted by Gasteiger charge is -2.32. The van der Waals surface area contributed by atoms with Crippen LogP contribution in [0.3, 0.4) is 0 Å². The molecule has 0 saturated carbocycles. The fourth-order valence-corrected chi connectivity index (χ4v) is 3.40. The smallest absolute Gasteiger partial charge is 0.262 e. The number of rotatable bonds is 5. The monoisotopic (exact) mass is 415 g/mol. The minimum atomic E-state index is -0.337. The highest BCUT2D eigenvalue weighted by Crippen LogP contribution is 2.24. The first-order chi connectivity index (χ1) is 13.8. The van der Waals surface area contributed by atoms with Crippen LogP contribution < -0.4 is 10.1 Å². The van der Waals surface area contributed by atoms with E-state index in [4.69, 9.17) is 16.3 Å². The molecule has 1 N–H and O–H groups in total. The van der Waals surface area contributed by atoms with Gasteiger partial charge in [0.15, 0.2) is 6.61 Å². The molecule has 1 saturated heterocycles. The summed E-state index contributed by atoms with van der Waals surface area (Å²) < 4.78 is 5.61. The first-order valence-electron chi connectivity index (χ1n) is 9.61. The molecule has 1 aliphatic heterocycles. The van der Waals surface area contributed by atoms with Gasteiger partial charge in [-0.3, -0.25) is 9.59 Å². The lowest BCUT2D eigenvalue weighted by atomic mass is 10.1. The molecule has 2 amide bonds. The van der Waals surface area contributed by atoms with Gasteiger partial charge in [-0.1, -0.05) is 29.3 Å². The van der Waals surface area contributed by atoms with Crippen LogP contribution in [0.4, 0.5) is 5.69 Å². The van der Waals surface area contributed by atoms with Crippen molar-refractivity contribution in [1.82, 2.24) is 9.80 Å². The molecular weight excluding hydrogens is 390 g/mol. The average molecular weight is 416 g/mol. The molecule has 1 aliphatic rings. The van der Waals surface area contributed by atoms with Crippen LogP contribution in [0.2, 0.25) is 5.02 Å². The van der Waals surface area contributed by atoms with E-state index in [1.807, 2.05) is 44.0 Å². The number of piperazine rings is 1. The molecule has 29 heavy (non-hydrogen) atoms. The molecule has 0 atom stereocenters. The van der Waals surface area contributed by atoms with Gasteiger partial charge in [0.25, 0.3) is 11.8 Å². The summed E-state index contributed by atoms with van der Waals surface area (Å²) in [5.41, 5.74) is 3.01. The third-order valence-electron chi connectivity index (χ3n) is 4.97. The van der Waals surface area contributed by atoms with Crippen LogP contribution in [0.15, 0.2) is 36.4 Å². The van der Waals surface area contributed by atoms with Crippen LogP contribution >= 0.6 is 11.6 Å². The van der Waals surface area contributed by atoms with E-state index in [-0.39, 0.29) is 18.4 Å². The number of nitrogens with one attached hydrogen (secondary N) is 1. The highest BCUT2D eigenvalue weighted by Gasteiger charge is 2.21. The maximum absolute atomic E-state index is 12.8. The standard InChI is InChI=1S/C22H26ClN3O3/c1-15-4-7-20(16(2)12-15)29-14-21(27)24-19-13-17(5-6-18(19)23)22(28)26-10-8-25(3)9-11-26/h4-7,12-13H,8-11,14H2,1-3H3,(H,24,27). The lowest BCUT2D eigenvalue weighted by molar-refractivity contribution is -0.118. The molecule has 1 fully saturated rings. The molecule has 0 bridgehead atoms. The number of likely N-dealkylation sites (N-methyl/N-ethyl adjacent to an activating group) is 1. The Kier molecular flexibility index (Phi) is 6.77. The van der Waals surface area contributed by atoms with Crippen LogP contribution in [-0.2, 0) is 4.79 Å². The van der Waals surface area contributed by atoms with Gasteiger partial charge in [0.05, 0.1) is 10.7 Å². The Hall–Kier alpha value is -2.57. The van der Waals surface area contributed by atoms with Gasteiger partial charge in [0.2, 0.25) is 0 Å². The van der Waals surface area contributed by atoms with Crippen molar-refractivity contribution in [3.05, 3.63) is 58.1 Å². The molecule has 2 aromatic rings. The highest BCUT2D eigenvalue weighted by atomic mass is 35.5. The molecule has 1 heterocycles. The molecule has 7 heteroatoms. The SMILES string of the molecule is Cc1ccc(OCC(=O)Nc2cc(C(=O)N3CCN(C)CC3)ccc2Cl)c(C)c1. The van der Waals surface area contributed by atoms with Crippen LogP contribution in [-0.4, -0.2) is 61.4 Å². The molecule has 6 nitrogen and oxygen atoms in total. The number of benzene rings is 2. The minimum Gasteiger partial charge on any atom is -0.483 e. The van der Waals surface area contributed by atoms with Crippen molar-refractivity contribution in [3.63, 3.8) is 0 Å². The maximum atomic E-state index is 12.8. The summed E-state index contributed by atoms with van der Waals surface area (Å²) in [5.74, 6) is 0.267. The van der Waals surface area contributed by atoms with Crippen LogP contribution in [0, 0.1) is 13.8 Å². The summed E-state index contributed by atoms with van der Waals surface area (Å²) in [6.07, 6.45) is 0. The number of nitrogens with zero attached hydrogens (tertiary/aromatic N) is 2. The Balaban J connectivity index is 1.63. The third-order valence-corrected chi connectivity index (χ3v) is 5.30. The summed E-state index contributed by atoms with van der Waals surface area (Å²) in [6, 6.07) is 10.7. The van der Waals surface area contributed by atoms with Gasteiger partial charge in [0, 0.05) is 31.7 Å². The first-order valence-corrected chi connectivity index (χ1v) is 9.98. The van der Waals surface area contributed by atoms with E-state index in [0.717, 1.165) is 24.2 Å². The Morgan fingerprint density at radius 2 is 1.79 bits per heavy atom. The number of halogens is 1. The quantitative estimate of drug-likeness (QED) is 0.813. The van der Waals surface area contributed by atoms with Crippen LogP contribution in [0.25, 0.3) is 0 Å². The highest BCUT2D eigenvalue weighted by molar-refractivity contribution is 6.33. The van der Waals surface area contributed by atoms with E-state index in [1.54, 1.807) is 18.2 Å². The van der Waals surface area contributed by atoms with Crippen molar-refractivity contribution in [3.8, 4) is 5.75 Å². The van der Waals surface area contributed by atoms with Crippen molar-refractivity contribution in [1.29, 1.82) is 0 Å². The summed E-state index contributed by atoms with van der Waals surface area (Å²) in [7, 11) is 2.04. The number of carbonyl (C=O) groups excluding carboxylic acids is 2. The maximum Gasteiger partial charge on any atom is 0.262 e. The second kappa shape index (κ2) is 9.29. The molecule has 3 rings (SSSR count). The van der Waals surface area contributed by atoms with E-state index in [2.05, 4.69) is 10.2 Å². The zero-order chi connectivity index (χ0) is 21.0. The van der Waals surface area contributed by atoms with E-state index in [0.29, 0.717) is 35.1 Å². The number of amides is 2. The largest absolute Gasteiger partial charge is 0.483 e. The van der Waals surface area contributed by atoms with E-state index < -0.39 is 0 Å². The van der Waals surface area contributed by atoms with Crippen molar-refractivity contribution in [2.24, 2.45) is 0 Å². The summed E-state index contributed by atoms with van der Waals surface area (Å²) >= 11 is 6.22. The van der Waals surface area contributed by atoms with E-state index in [1.165, 1.54) is 0 Å². The second-order valence-electron chi connectivity index (χ2n) is 7.40. The van der Waals surface area contributed by atoms with E-state index >= 15 is 0 Å². The predicted octanol–water partition coefficient (Wildman–Crippen LogP) is 3.36. The van der Waals surface area contributed by atoms with Gasteiger partial charge in [-0.15, -0.1) is 0 Å². The molecular formula is C22H26ClN3O3. The Morgan fingerprint density at radius 3 is 2.48 bits per heavy atom. The van der Waals surface area contributed by atoms with Gasteiger partial charge in [-0.05, 0) is 50.7 Å². The Morgan fingerprint density at radius 1 is 1.07 bits per heavy atom. The zero-order valence-electron chi connectivity index (χ0n) is 17.0. The normalized spacial score (nSPS) is 14.6. The number of ether oxygens (including phenoxy) is 1. The van der Waals surface area contributed by atoms with Crippen molar-refractivity contribution < 1.29 is 14.3 Å². The van der Waals surface area contributed by atoms with E-state index in [9.17, 15) is 9.59 Å². The van der Waals surface area contributed by atoms with Gasteiger partial charge in [-0.25, -0.2) is 0 Å². The Bertz CT molecular complexity index is 908. The van der Waals surface area contributed by atoms with Crippen molar-refractivity contribution >= 4 is 29.1 Å². The number of hydrogen-bond acceptors (Lipinski definition) is 4. The molecule has 0 spiro atoms. The molecule has 0 unspecified atom stereocenters. The number of carbonyl (C=O) groups is 2. The van der Waals surface area contributed by atoms with Crippen LogP contribution in [0.1, 0.15) is 21.5 Å². The van der Waals surface area contributed by atoms with Crippen LogP contribution in [0.5, 0.6) is 5.75 Å². The van der Waals surface area contributed by atoms with Gasteiger partial charge < -0.3 is 19.9 Å². The topological polar surface area (TPSA) is 61.9 Å². The van der Waals surface area contributed by atoms with Gasteiger partial charge in [-0.2, -0.15) is 0 Å². The number of aryl methyl sites for hydroxylation is 2. The lowest BCUT2D eigenvalue weighted by Crippen LogP contribution is -2.47. The third kappa shape index (κ3) is 5.49. The molecule has 154 valence electrons. The van der Waals surface area contributed by atoms with Crippen molar-refractivity contribution in [2.45, 2.75) is 13.8 Å². The van der Waals surface area contributed by atoms with Gasteiger partial charge >= 0.3 is 0 Å². The fourth-order valence-electron chi connectivity index (χ4n) is 3.24. The number of hydrogen-bond donors (Lipinski definition) is 1. The molecule has 0 aromatic heterocycles. The summed E-state index contributed by atoms with van der Waals surface area (Å²) in [5, 5.41) is 3.12. The fraction of sp³-hybridized carbons (Fsp3) is 0.364. The van der Waals surface area contributed by atoms with Gasteiger partial charge in [0.1, 0.15) is 5.75 Å².